The zero-order valence-electron chi connectivity index (χ0n) is 15.9. The molecule has 4 nitrogen and oxygen atoms in total. The molecule has 3 rings (SSSR count). The van der Waals surface area contributed by atoms with E-state index in [4.69, 9.17) is 9.47 Å². The highest BCUT2D eigenvalue weighted by Gasteiger charge is 2.25. The molecule has 0 N–H and O–H groups in total. The van der Waals surface area contributed by atoms with Crippen LogP contribution in [0.5, 0.6) is 11.5 Å². The largest absolute Gasteiger partial charge is 0.497 e. The number of Topliss-reactive ketones (excluding diaryl/α,β-unsaturated/α-hetero) is 1. The van der Waals surface area contributed by atoms with E-state index in [9.17, 15) is 9.59 Å². The first kappa shape index (κ1) is 19.1. The molecule has 0 aliphatic carbocycles. The van der Waals surface area contributed by atoms with Crippen LogP contribution >= 0.6 is 11.3 Å². The summed E-state index contributed by atoms with van der Waals surface area (Å²) in [6.07, 6.45) is 0. The molecule has 0 aliphatic heterocycles. The molecule has 140 valence electrons. The van der Waals surface area contributed by atoms with E-state index >= 15 is 0 Å². The number of ether oxygens (including phenoxy) is 2. The number of ketones is 2. The zero-order valence-corrected chi connectivity index (χ0v) is 16.7. The molecule has 0 aliphatic rings. The van der Waals surface area contributed by atoms with Gasteiger partial charge in [-0.15, -0.1) is 11.3 Å². The fourth-order valence-electron chi connectivity index (χ4n) is 2.54. The molecule has 2 aromatic carbocycles. The minimum atomic E-state index is -0.494. The summed E-state index contributed by atoms with van der Waals surface area (Å²) in [5.74, 6) is 1.03. The van der Waals surface area contributed by atoms with E-state index in [0.29, 0.717) is 21.9 Å². The lowest BCUT2D eigenvalue weighted by molar-refractivity contribution is -0.128. The van der Waals surface area contributed by atoms with Crippen molar-refractivity contribution in [3.05, 3.63) is 59.0 Å². The normalized spacial score (nSPS) is 11.4. The summed E-state index contributed by atoms with van der Waals surface area (Å²) in [7, 11) is 1.58. The molecule has 5 heteroatoms. The summed E-state index contributed by atoms with van der Waals surface area (Å²) in [6, 6.07) is 14.6. The van der Waals surface area contributed by atoms with Crippen molar-refractivity contribution in [1.29, 1.82) is 0 Å². The second-order valence-electron chi connectivity index (χ2n) is 7.28. The number of benzene rings is 2. The third kappa shape index (κ3) is 4.03. The third-order valence-electron chi connectivity index (χ3n) is 4.29. The first-order chi connectivity index (χ1) is 12.8. The van der Waals surface area contributed by atoms with Gasteiger partial charge in [0, 0.05) is 21.1 Å². The Labute approximate surface area is 162 Å². The Kier molecular flexibility index (Phi) is 5.33. The number of fused-ring (bicyclic) bond motifs is 1. The summed E-state index contributed by atoms with van der Waals surface area (Å²) >= 11 is 1.38. The van der Waals surface area contributed by atoms with Crippen molar-refractivity contribution in [3.63, 3.8) is 0 Å². The fraction of sp³-hybridized carbons (Fsp3) is 0.273. The molecule has 0 saturated carbocycles. The number of thiophene rings is 1. The molecule has 0 spiro atoms. The van der Waals surface area contributed by atoms with Gasteiger partial charge in [0.05, 0.1) is 7.11 Å². The van der Waals surface area contributed by atoms with Crippen LogP contribution in [0.3, 0.4) is 0 Å². The summed E-state index contributed by atoms with van der Waals surface area (Å²) in [5, 5.41) is 0.848. The Morgan fingerprint density at radius 2 is 1.67 bits per heavy atom. The number of hydrogen-bond donors (Lipinski definition) is 0. The lowest BCUT2D eigenvalue weighted by atomic mass is 9.91. The van der Waals surface area contributed by atoms with E-state index in [1.54, 1.807) is 31.4 Å². The second-order valence-corrected chi connectivity index (χ2v) is 8.33. The number of hydrogen-bond acceptors (Lipinski definition) is 5. The van der Waals surface area contributed by atoms with Gasteiger partial charge in [0.1, 0.15) is 23.0 Å². The van der Waals surface area contributed by atoms with Crippen molar-refractivity contribution in [3.8, 4) is 11.5 Å². The Morgan fingerprint density at radius 1 is 1.00 bits per heavy atom. The SMILES string of the molecule is COc1ccc(C(=O)c2sc3ccccc3c2OCC(=O)C(C)(C)C)cc1. The molecule has 0 amide bonds. The first-order valence-electron chi connectivity index (χ1n) is 8.67. The quantitative estimate of drug-likeness (QED) is 0.554. The monoisotopic (exact) mass is 382 g/mol. The summed E-state index contributed by atoms with van der Waals surface area (Å²) in [4.78, 5) is 25.9. The van der Waals surface area contributed by atoms with Crippen molar-refractivity contribution in [1.82, 2.24) is 0 Å². The molecule has 0 radical (unpaired) electrons. The Balaban J connectivity index is 1.98. The Hall–Kier alpha value is -2.66. The van der Waals surface area contributed by atoms with Gasteiger partial charge >= 0.3 is 0 Å². The topological polar surface area (TPSA) is 52.6 Å². The predicted octanol–water partition coefficient (Wildman–Crippen LogP) is 5.13. The standard InChI is InChI=1S/C22H22O4S/c1-22(2,3)18(23)13-26-20-16-7-5-6-8-17(16)27-21(20)19(24)14-9-11-15(25-4)12-10-14/h5-12H,13H2,1-4H3. The molecule has 0 fully saturated rings. The fourth-order valence-corrected chi connectivity index (χ4v) is 3.65. The van der Waals surface area contributed by atoms with Crippen LogP contribution in [0, 0.1) is 5.41 Å². The summed E-state index contributed by atoms with van der Waals surface area (Å²) < 4.78 is 12.0. The van der Waals surface area contributed by atoms with Crippen LogP contribution in [-0.4, -0.2) is 25.3 Å². The molecule has 0 bridgehead atoms. The molecule has 3 aromatic rings. The highest BCUT2D eigenvalue weighted by atomic mass is 32.1. The number of methoxy groups -OCH3 is 1. The van der Waals surface area contributed by atoms with Gasteiger partial charge in [0.25, 0.3) is 0 Å². The van der Waals surface area contributed by atoms with Gasteiger partial charge in [0.15, 0.2) is 5.78 Å². The minimum Gasteiger partial charge on any atom is -0.497 e. The third-order valence-corrected chi connectivity index (χ3v) is 5.44. The van der Waals surface area contributed by atoms with Crippen LogP contribution in [0.25, 0.3) is 10.1 Å². The van der Waals surface area contributed by atoms with E-state index in [1.165, 1.54) is 11.3 Å². The smallest absolute Gasteiger partial charge is 0.206 e. The van der Waals surface area contributed by atoms with Crippen LogP contribution in [0.15, 0.2) is 48.5 Å². The van der Waals surface area contributed by atoms with Crippen LogP contribution < -0.4 is 9.47 Å². The minimum absolute atomic E-state index is 0.0133. The van der Waals surface area contributed by atoms with Gasteiger partial charge < -0.3 is 9.47 Å². The average Bonchev–Trinajstić information content (AvgIpc) is 3.03. The highest BCUT2D eigenvalue weighted by Crippen LogP contribution is 2.39. The van der Waals surface area contributed by atoms with E-state index in [-0.39, 0.29) is 18.2 Å². The van der Waals surface area contributed by atoms with Gasteiger partial charge in [-0.2, -0.15) is 0 Å². The molecular weight excluding hydrogens is 360 g/mol. The lowest BCUT2D eigenvalue weighted by Gasteiger charge is -2.17. The molecule has 1 heterocycles. The van der Waals surface area contributed by atoms with Gasteiger partial charge in [-0.3, -0.25) is 9.59 Å². The van der Waals surface area contributed by atoms with Gasteiger partial charge in [0.2, 0.25) is 5.78 Å². The van der Waals surface area contributed by atoms with Gasteiger partial charge in [-0.1, -0.05) is 32.9 Å². The van der Waals surface area contributed by atoms with E-state index in [2.05, 4.69) is 0 Å². The van der Waals surface area contributed by atoms with Crippen molar-refractivity contribution >= 4 is 33.0 Å². The second kappa shape index (κ2) is 7.53. The number of carbonyl (C=O) groups excluding carboxylic acids is 2. The number of rotatable bonds is 6. The predicted molar refractivity (Wildman–Crippen MR) is 108 cm³/mol. The molecular formula is C22H22O4S. The maximum atomic E-state index is 13.1. The van der Waals surface area contributed by atoms with E-state index in [0.717, 1.165) is 10.1 Å². The zero-order chi connectivity index (χ0) is 19.6. The van der Waals surface area contributed by atoms with Crippen LogP contribution in [0.1, 0.15) is 36.0 Å². The van der Waals surface area contributed by atoms with Crippen molar-refractivity contribution in [2.24, 2.45) is 5.41 Å². The average molecular weight is 382 g/mol. The highest BCUT2D eigenvalue weighted by molar-refractivity contribution is 7.21. The van der Waals surface area contributed by atoms with Crippen LogP contribution in [0.2, 0.25) is 0 Å². The molecule has 0 saturated heterocycles. The van der Waals surface area contributed by atoms with Crippen LogP contribution in [0.4, 0.5) is 0 Å². The van der Waals surface area contributed by atoms with Gasteiger partial charge in [-0.05, 0) is 36.4 Å². The lowest BCUT2D eigenvalue weighted by Crippen LogP contribution is -2.26. The first-order valence-corrected chi connectivity index (χ1v) is 9.49. The van der Waals surface area contributed by atoms with E-state index in [1.807, 2.05) is 45.0 Å². The summed E-state index contributed by atoms with van der Waals surface area (Å²) in [5.41, 5.74) is 0.0563. The molecule has 0 unspecified atom stereocenters. The molecule has 1 aromatic heterocycles. The Morgan fingerprint density at radius 3 is 2.30 bits per heavy atom. The molecule has 27 heavy (non-hydrogen) atoms. The van der Waals surface area contributed by atoms with Crippen LogP contribution in [-0.2, 0) is 4.79 Å². The van der Waals surface area contributed by atoms with Gasteiger partial charge in [-0.25, -0.2) is 0 Å². The van der Waals surface area contributed by atoms with Crippen molar-refractivity contribution in [2.75, 3.05) is 13.7 Å². The maximum Gasteiger partial charge on any atom is 0.206 e. The van der Waals surface area contributed by atoms with E-state index < -0.39 is 5.41 Å². The van der Waals surface area contributed by atoms with Crippen molar-refractivity contribution in [2.45, 2.75) is 20.8 Å². The van der Waals surface area contributed by atoms with Crippen molar-refractivity contribution < 1.29 is 19.1 Å². The molecule has 0 atom stereocenters. The summed E-state index contributed by atoms with van der Waals surface area (Å²) in [6.45, 7) is 5.50. The maximum absolute atomic E-state index is 13.1. The number of carbonyl (C=O) groups is 2. The Bertz CT molecular complexity index is 978.